The van der Waals surface area contributed by atoms with Gasteiger partial charge >= 0.3 is 0 Å². The van der Waals surface area contributed by atoms with Gasteiger partial charge in [0.15, 0.2) is 0 Å². The quantitative estimate of drug-likeness (QED) is 0.839. The second kappa shape index (κ2) is 6.71. The van der Waals surface area contributed by atoms with Crippen LogP contribution in [-0.2, 0) is 11.3 Å². The fraction of sp³-hybridized carbons (Fsp3) is 0.750. The lowest BCUT2D eigenvalue weighted by Crippen LogP contribution is -2.39. The highest BCUT2D eigenvalue weighted by Crippen LogP contribution is 2.21. The topological polar surface area (TPSA) is 47.4 Å². The van der Waals surface area contributed by atoms with Gasteiger partial charge in [0.25, 0.3) is 5.56 Å². The van der Waals surface area contributed by atoms with E-state index in [1.165, 1.54) is 25.8 Å². The van der Waals surface area contributed by atoms with Crippen LogP contribution < -0.4 is 5.56 Å². The van der Waals surface area contributed by atoms with Crippen LogP contribution in [0.4, 0.5) is 0 Å². The summed E-state index contributed by atoms with van der Waals surface area (Å²) in [6, 6.07) is 0. The zero-order valence-electron chi connectivity index (χ0n) is 12.8. The average molecular weight is 291 g/mol. The maximum Gasteiger partial charge on any atom is 0.256 e. The number of piperidine rings is 1. The highest BCUT2D eigenvalue weighted by atomic mass is 16.5. The minimum atomic E-state index is 0.107. The summed E-state index contributed by atoms with van der Waals surface area (Å²) in [5.74, 6) is 1.33. The molecule has 2 fully saturated rings. The number of hydrogen-bond acceptors (Lipinski definition) is 4. The Kier molecular flexibility index (Phi) is 4.70. The third-order valence-electron chi connectivity index (χ3n) is 4.77. The predicted octanol–water partition coefficient (Wildman–Crippen LogP) is 1.30. The summed E-state index contributed by atoms with van der Waals surface area (Å²) < 4.78 is 7.23. The maximum absolute atomic E-state index is 12.0. The summed E-state index contributed by atoms with van der Waals surface area (Å²) in [5, 5.41) is 0. The van der Waals surface area contributed by atoms with Crippen molar-refractivity contribution in [3.05, 3.63) is 28.4 Å². The summed E-state index contributed by atoms with van der Waals surface area (Å²) >= 11 is 0. The Morgan fingerprint density at radius 2 is 2.05 bits per heavy atom. The van der Waals surface area contributed by atoms with E-state index >= 15 is 0 Å². The van der Waals surface area contributed by atoms with Crippen LogP contribution in [0.5, 0.6) is 0 Å². The molecular formula is C16H25N3O2. The lowest BCUT2D eigenvalue weighted by molar-refractivity contribution is 0.135. The van der Waals surface area contributed by atoms with E-state index in [0.29, 0.717) is 5.92 Å². The molecule has 0 spiro atoms. The number of nitrogens with zero attached hydrogens (tertiary/aromatic N) is 3. The zero-order valence-corrected chi connectivity index (χ0v) is 12.8. The molecule has 2 saturated heterocycles. The molecule has 2 aliphatic heterocycles. The molecule has 0 aromatic carbocycles. The van der Waals surface area contributed by atoms with Crippen LogP contribution >= 0.6 is 0 Å². The predicted molar refractivity (Wildman–Crippen MR) is 81.3 cm³/mol. The summed E-state index contributed by atoms with van der Waals surface area (Å²) in [6.45, 7) is 7.99. The van der Waals surface area contributed by atoms with E-state index in [9.17, 15) is 4.79 Å². The first-order valence-corrected chi connectivity index (χ1v) is 8.03. The van der Waals surface area contributed by atoms with Gasteiger partial charge in [0, 0.05) is 31.5 Å². The van der Waals surface area contributed by atoms with Gasteiger partial charge in [-0.3, -0.25) is 9.36 Å². The Balaban J connectivity index is 1.49. The molecule has 3 rings (SSSR count). The molecular weight excluding hydrogens is 266 g/mol. The molecule has 116 valence electrons. The molecule has 2 aliphatic rings. The van der Waals surface area contributed by atoms with Gasteiger partial charge in [0.2, 0.25) is 0 Å². The van der Waals surface area contributed by atoms with Crippen LogP contribution in [0.1, 0.15) is 24.8 Å². The van der Waals surface area contributed by atoms with Crippen molar-refractivity contribution >= 4 is 0 Å². The van der Waals surface area contributed by atoms with Crippen LogP contribution in [-0.4, -0.2) is 47.3 Å². The minimum Gasteiger partial charge on any atom is -0.381 e. The third-order valence-corrected chi connectivity index (χ3v) is 4.77. The van der Waals surface area contributed by atoms with Crippen molar-refractivity contribution < 1.29 is 4.74 Å². The molecule has 0 N–H and O–H groups in total. The molecule has 0 amide bonds. The van der Waals surface area contributed by atoms with Crippen molar-refractivity contribution in [3.8, 4) is 0 Å². The first kappa shape index (κ1) is 14.7. The van der Waals surface area contributed by atoms with Crippen molar-refractivity contribution in [1.82, 2.24) is 14.5 Å². The van der Waals surface area contributed by atoms with E-state index in [4.69, 9.17) is 4.74 Å². The SMILES string of the molecule is Cc1cncn(CC2CCN(CC3CCOC3)CC2)c1=O. The largest absolute Gasteiger partial charge is 0.381 e. The molecule has 1 aromatic heterocycles. The molecule has 0 radical (unpaired) electrons. The van der Waals surface area contributed by atoms with Gasteiger partial charge in [-0.2, -0.15) is 0 Å². The molecule has 1 unspecified atom stereocenters. The van der Waals surface area contributed by atoms with Gasteiger partial charge in [0.05, 0.1) is 12.9 Å². The summed E-state index contributed by atoms with van der Waals surface area (Å²) in [4.78, 5) is 18.7. The van der Waals surface area contributed by atoms with Crippen LogP contribution in [0, 0.1) is 18.8 Å². The highest BCUT2D eigenvalue weighted by molar-refractivity contribution is 5.00. The Bertz CT molecular complexity index is 514. The molecule has 1 atom stereocenters. The van der Waals surface area contributed by atoms with E-state index in [2.05, 4.69) is 9.88 Å². The summed E-state index contributed by atoms with van der Waals surface area (Å²) in [7, 11) is 0. The number of aryl methyl sites for hydroxylation is 1. The molecule has 5 nitrogen and oxygen atoms in total. The van der Waals surface area contributed by atoms with E-state index in [0.717, 1.165) is 44.3 Å². The second-order valence-corrected chi connectivity index (χ2v) is 6.51. The number of ether oxygens (including phenoxy) is 1. The Morgan fingerprint density at radius 3 is 2.76 bits per heavy atom. The van der Waals surface area contributed by atoms with Crippen LogP contribution in [0.15, 0.2) is 17.3 Å². The van der Waals surface area contributed by atoms with Crippen molar-refractivity contribution in [1.29, 1.82) is 0 Å². The van der Waals surface area contributed by atoms with Crippen LogP contribution in [0.25, 0.3) is 0 Å². The van der Waals surface area contributed by atoms with E-state index in [1.807, 2.05) is 6.92 Å². The Morgan fingerprint density at radius 1 is 1.24 bits per heavy atom. The first-order chi connectivity index (χ1) is 10.2. The van der Waals surface area contributed by atoms with Gasteiger partial charge in [-0.25, -0.2) is 4.98 Å². The fourth-order valence-corrected chi connectivity index (χ4v) is 3.41. The molecule has 3 heterocycles. The summed E-state index contributed by atoms with van der Waals surface area (Å²) in [5.41, 5.74) is 0.840. The summed E-state index contributed by atoms with van der Waals surface area (Å²) in [6.07, 6.45) is 6.88. The lowest BCUT2D eigenvalue weighted by atomic mass is 9.95. The van der Waals surface area contributed by atoms with Gasteiger partial charge in [-0.1, -0.05) is 0 Å². The van der Waals surface area contributed by atoms with Crippen molar-refractivity contribution in [2.75, 3.05) is 32.8 Å². The second-order valence-electron chi connectivity index (χ2n) is 6.51. The van der Waals surface area contributed by atoms with E-state index in [-0.39, 0.29) is 5.56 Å². The molecule has 21 heavy (non-hydrogen) atoms. The smallest absolute Gasteiger partial charge is 0.256 e. The number of hydrogen-bond donors (Lipinski definition) is 0. The number of aromatic nitrogens is 2. The van der Waals surface area contributed by atoms with Gasteiger partial charge in [-0.05, 0) is 51.1 Å². The van der Waals surface area contributed by atoms with Crippen molar-refractivity contribution in [2.24, 2.45) is 11.8 Å². The van der Waals surface area contributed by atoms with Crippen LogP contribution in [0.2, 0.25) is 0 Å². The molecule has 1 aromatic rings. The van der Waals surface area contributed by atoms with Crippen molar-refractivity contribution in [3.63, 3.8) is 0 Å². The Hall–Kier alpha value is -1.20. The third kappa shape index (κ3) is 3.71. The van der Waals surface area contributed by atoms with Gasteiger partial charge in [0.1, 0.15) is 0 Å². The first-order valence-electron chi connectivity index (χ1n) is 8.03. The van der Waals surface area contributed by atoms with E-state index < -0.39 is 0 Å². The highest BCUT2D eigenvalue weighted by Gasteiger charge is 2.24. The normalized spacial score (nSPS) is 24.5. The standard InChI is InChI=1S/C16H25N3O2/c1-13-8-17-12-19(16(13)20)10-14-2-5-18(6-3-14)9-15-4-7-21-11-15/h8,12,14-15H,2-7,9-11H2,1H3. The average Bonchev–Trinajstić information content (AvgIpc) is 2.99. The zero-order chi connectivity index (χ0) is 14.7. The van der Waals surface area contributed by atoms with Crippen LogP contribution in [0.3, 0.4) is 0 Å². The molecule has 0 bridgehead atoms. The monoisotopic (exact) mass is 291 g/mol. The van der Waals surface area contributed by atoms with E-state index in [1.54, 1.807) is 17.1 Å². The molecule has 5 heteroatoms. The minimum absolute atomic E-state index is 0.107. The van der Waals surface area contributed by atoms with Gasteiger partial charge < -0.3 is 9.64 Å². The lowest BCUT2D eigenvalue weighted by Gasteiger charge is -2.33. The van der Waals surface area contributed by atoms with Gasteiger partial charge in [-0.15, -0.1) is 0 Å². The number of likely N-dealkylation sites (tertiary alicyclic amines) is 1. The molecule has 0 saturated carbocycles. The maximum atomic E-state index is 12.0. The van der Waals surface area contributed by atoms with Crippen molar-refractivity contribution in [2.45, 2.75) is 32.7 Å². The number of rotatable bonds is 4. The molecule has 0 aliphatic carbocycles. The fourth-order valence-electron chi connectivity index (χ4n) is 3.41. The Labute approximate surface area is 125 Å².